The monoisotopic (exact) mass is 416 g/mol. The van der Waals surface area contributed by atoms with Crippen LogP contribution in [-0.2, 0) is 6.54 Å². The van der Waals surface area contributed by atoms with E-state index in [-0.39, 0.29) is 5.69 Å². The highest BCUT2D eigenvalue weighted by molar-refractivity contribution is 5.81. The van der Waals surface area contributed by atoms with E-state index in [0.29, 0.717) is 25.5 Å². The number of H-pyrrole nitrogens is 1. The molecule has 0 saturated carbocycles. The van der Waals surface area contributed by atoms with Gasteiger partial charge in [0.15, 0.2) is 11.5 Å². The molecule has 0 aromatic heterocycles. The van der Waals surface area contributed by atoms with E-state index in [9.17, 15) is 9.59 Å². The van der Waals surface area contributed by atoms with Crippen LogP contribution < -0.4 is 32.9 Å². The van der Waals surface area contributed by atoms with Gasteiger partial charge >= 0.3 is 5.69 Å². The molecular formula is C20H32N8O2+2. The van der Waals surface area contributed by atoms with Crippen molar-refractivity contribution in [3.8, 4) is 11.5 Å². The minimum absolute atomic E-state index is 0.187. The Morgan fingerprint density at radius 1 is 1.03 bits per heavy atom. The lowest BCUT2D eigenvalue weighted by molar-refractivity contribution is -0.721. The molecule has 3 rings (SSSR count). The highest BCUT2D eigenvalue weighted by Gasteiger charge is 2.18. The summed E-state index contributed by atoms with van der Waals surface area (Å²) in [5.74, 6) is 0.323. The van der Waals surface area contributed by atoms with Crippen LogP contribution >= 0.6 is 0 Å². The number of aryl methyl sites for hydroxylation is 2. The molecule has 0 unspecified atom stereocenters. The molecule has 0 radical (unpaired) electrons. The summed E-state index contributed by atoms with van der Waals surface area (Å²) in [7, 11) is 0. The number of nitrogens with one attached hydrogen (secondary N) is 2. The van der Waals surface area contributed by atoms with E-state index in [0.717, 1.165) is 54.9 Å². The van der Waals surface area contributed by atoms with Gasteiger partial charge < -0.3 is 26.3 Å². The summed E-state index contributed by atoms with van der Waals surface area (Å²) in [4.78, 5) is 34.8. The molecule has 0 atom stereocenters. The Morgan fingerprint density at radius 2 is 1.77 bits per heavy atom. The first kappa shape index (κ1) is 22.0. The van der Waals surface area contributed by atoms with Crippen LogP contribution in [0.2, 0.25) is 0 Å². The van der Waals surface area contributed by atoms with E-state index < -0.39 is 11.2 Å². The zero-order valence-electron chi connectivity index (χ0n) is 17.7. The molecule has 30 heavy (non-hydrogen) atoms. The lowest BCUT2D eigenvalue weighted by Gasteiger charge is -2.18. The smallest absolute Gasteiger partial charge is 0.341 e. The number of nitrogens with zero attached hydrogens (tertiary/aromatic N) is 3. The van der Waals surface area contributed by atoms with Crippen molar-refractivity contribution in [3.05, 3.63) is 44.1 Å². The van der Waals surface area contributed by atoms with Gasteiger partial charge in [0.2, 0.25) is 0 Å². The second-order valence-electron chi connectivity index (χ2n) is 7.50. The number of benzene rings is 1. The lowest BCUT2D eigenvalue weighted by atomic mass is 10.1. The van der Waals surface area contributed by atoms with Crippen molar-refractivity contribution in [2.24, 2.45) is 5.73 Å². The van der Waals surface area contributed by atoms with E-state index in [2.05, 4.69) is 30.9 Å². The fraction of sp³-hybridized carbons (Fsp3) is 0.500. The summed E-state index contributed by atoms with van der Waals surface area (Å²) in [6.07, 6.45) is 0. The Hall–Kier alpha value is -2.66. The highest BCUT2D eigenvalue weighted by Crippen LogP contribution is 2.23. The van der Waals surface area contributed by atoms with E-state index >= 15 is 0 Å². The fourth-order valence-corrected chi connectivity index (χ4v) is 3.44. The molecule has 2 heterocycles. The summed E-state index contributed by atoms with van der Waals surface area (Å²) >= 11 is 0. The van der Waals surface area contributed by atoms with Crippen LogP contribution in [0.15, 0.2) is 21.7 Å². The minimum Gasteiger partial charge on any atom is -0.341 e. The molecule has 10 heteroatoms. The standard InChI is InChI=1S/C20H30N8O2/c1-13-11-15-16(12-14(13)2)28(18-17(25-15)19(29)27-20(30)26-18)10-9-24-8-7-23-6-5-22-4-3-21/h11-12,22-24H,3-10,21H2,1-2H3,(H,27,29,30)/p+2. The van der Waals surface area contributed by atoms with Gasteiger partial charge in [0.05, 0.1) is 24.1 Å². The Balaban J connectivity index is 1.71. The van der Waals surface area contributed by atoms with Gasteiger partial charge in [-0.2, -0.15) is 4.98 Å². The first-order valence-electron chi connectivity index (χ1n) is 10.5. The van der Waals surface area contributed by atoms with Crippen LogP contribution in [0.25, 0.3) is 22.6 Å². The predicted octanol–water partition coefficient (Wildman–Crippen LogP) is -3.12. The van der Waals surface area contributed by atoms with Crippen LogP contribution in [0, 0.1) is 13.8 Å². The van der Waals surface area contributed by atoms with Gasteiger partial charge in [-0.25, -0.2) is 9.78 Å². The summed E-state index contributed by atoms with van der Waals surface area (Å²) in [6.45, 7) is 11.0. The Labute approximate surface area is 174 Å². The van der Waals surface area contributed by atoms with Gasteiger partial charge in [-0.15, -0.1) is 0 Å². The molecular weight excluding hydrogens is 384 g/mol. The van der Waals surface area contributed by atoms with Crippen molar-refractivity contribution in [2.75, 3.05) is 45.8 Å². The maximum absolute atomic E-state index is 12.3. The SMILES string of the molecule is Cc1cc2nc3c(=O)[nH]c(=O)nc-3n(CCNCC[NH2+]CC[NH2+]CCN)c2cc1C. The highest BCUT2D eigenvalue weighted by atomic mass is 16.2. The van der Waals surface area contributed by atoms with Crippen molar-refractivity contribution >= 4 is 11.0 Å². The minimum atomic E-state index is -0.653. The van der Waals surface area contributed by atoms with Crippen molar-refractivity contribution < 1.29 is 10.6 Å². The van der Waals surface area contributed by atoms with Crippen LogP contribution in [0.4, 0.5) is 0 Å². The lowest BCUT2D eigenvalue weighted by Crippen LogP contribution is -2.95. The molecule has 10 nitrogen and oxygen atoms in total. The maximum atomic E-state index is 12.3. The van der Waals surface area contributed by atoms with Crippen LogP contribution in [-0.4, -0.2) is 65.3 Å². The Bertz CT molecular complexity index is 1070. The van der Waals surface area contributed by atoms with Crippen molar-refractivity contribution in [1.29, 1.82) is 0 Å². The fourth-order valence-electron chi connectivity index (χ4n) is 3.44. The zero-order chi connectivity index (χ0) is 21.5. The van der Waals surface area contributed by atoms with Crippen molar-refractivity contribution in [2.45, 2.75) is 20.4 Å². The molecule has 1 aromatic rings. The third kappa shape index (κ3) is 5.28. The van der Waals surface area contributed by atoms with Crippen LogP contribution in [0.5, 0.6) is 0 Å². The van der Waals surface area contributed by atoms with Crippen molar-refractivity contribution in [3.63, 3.8) is 0 Å². The van der Waals surface area contributed by atoms with E-state index in [1.165, 1.54) is 0 Å². The molecule has 0 aliphatic carbocycles. The molecule has 162 valence electrons. The normalized spacial score (nSPS) is 11.6. The summed E-state index contributed by atoms with van der Waals surface area (Å²) in [5.41, 5.74) is 8.32. The first-order chi connectivity index (χ1) is 14.5. The number of hydrogen-bond donors (Lipinski definition) is 5. The van der Waals surface area contributed by atoms with Gasteiger partial charge in [0.25, 0.3) is 5.56 Å². The molecule has 0 amide bonds. The average molecular weight is 417 g/mol. The molecule has 2 aliphatic rings. The first-order valence-corrected chi connectivity index (χ1v) is 10.5. The quantitative estimate of drug-likeness (QED) is 0.165. The van der Waals surface area contributed by atoms with Gasteiger partial charge in [-0.3, -0.25) is 9.78 Å². The third-order valence-electron chi connectivity index (χ3n) is 5.21. The third-order valence-corrected chi connectivity index (χ3v) is 5.21. The number of aromatic amines is 1. The van der Waals surface area contributed by atoms with E-state index in [1.54, 1.807) is 0 Å². The van der Waals surface area contributed by atoms with Crippen molar-refractivity contribution in [1.82, 2.24) is 24.8 Å². The average Bonchev–Trinajstić information content (AvgIpc) is 2.70. The summed E-state index contributed by atoms with van der Waals surface area (Å²) < 4.78 is 1.92. The molecule has 2 aliphatic heterocycles. The molecule has 0 spiro atoms. The maximum Gasteiger partial charge on any atom is 0.349 e. The van der Waals surface area contributed by atoms with Gasteiger partial charge in [-0.1, -0.05) is 0 Å². The van der Waals surface area contributed by atoms with Crippen LogP contribution in [0.1, 0.15) is 11.1 Å². The topological polar surface area (TPSA) is 152 Å². The van der Waals surface area contributed by atoms with E-state index in [4.69, 9.17) is 5.73 Å². The largest absolute Gasteiger partial charge is 0.349 e. The second-order valence-corrected chi connectivity index (χ2v) is 7.50. The van der Waals surface area contributed by atoms with Crippen LogP contribution in [0.3, 0.4) is 0 Å². The number of nitrogens with two attached hydrogens (primary N) is 3. The molecule has 0 saturated heterocycles. The number of fused-ring (bicyclic) bond motifs is 2. The summed E-state index contributed by atoms with van der Waals surface area (Å²) in [6, 6.07) is 4.01. The number of hydrogen-bond acceptors (Lipinski definition) is 6. The second kappa shape index (κ2) is 10.4. The van der Waals surface area contributed by atoms with Gasteiger partial charge in [-0.05, 0) is 37.1 Å². The van der Waals surface area contributed by atoms with Gasteiger partial charge in [0.1, 0.15) is 13.1 Å². The predicted molar refractivity (Wildman–Crippen MR) is 116 cm³/mol. The molecule has 0 fully saturated rings. The Kier molecular flexibility index (Phi) is 7.63. The number of rotatable bonds is 11. The van der Waals surface area contributed by atoms with Gasteiger partial charge in [0, 0.05) is 26.2 Å². The number of aromatic nitrogens is 4. The molecule has 8 N–H and O–H groups in total. The summed E-state index contributed by atoms with van der Waals surface area (Å²) in [5, 5.41) is 7.93. The number of quaternary nitrogens is 2. The van der Waals surface area contributed by atoms with E-state index in [1.807, 2.05) is 30.5 Å². The Morgan fingerprint density at radius 3 is 2.53 bits per heavy atom. The zero-order valence-corrected chi connectivity index (χ0v) is 17.7. The molecule has 0 bridgehead atoms. The molecule has 1 aromatic carbocycles.